The van der Waals surface area contributed by atoms with Gasteiger partial charge in [0.05, 0.1) is 13.7 Å². The first-order valence-corrected chi connectivity index (χ1v) is 7.73. The fraction of sp³-hybridized carbons (Fsp3) is 0.150. The van der Waals surface area contributed by atoms with Crippen molar-refractivity contribution in [2.45, 2.75) is 6.92 Å². The maximum atomic E-state index is 12.7. The van der Waals surface area contributed by atoms with Gasteiger partial charge in [0.15, 0.2) is 5.78 Å². The summed E-state index contributed by atoms with van der Waals surface area (Å²) in [6.45, 7) is 1.73. The fourth-order valence-electron chi connectivity index (χ4n) is 2.16. The molecule has 0 unspecified atom stereocenters. The van der Waals surface area contributed by atoms with Crippen molar-refractivity contribution in [2.24, 2.45) is 0 Å². The summed E-state index contributed by atoms with van der Waals surface area (Å²) in [6, 6.07) is 14.8. The van der Waals surface area contributed by atoms with E-state index >= 15 is 0 Å². The van der Waals surface area contributed by atoms with Crippen molar-refractivity contribution in [3.8, 4) is 5.75 Å². The third-order valence-electron chi connectivity index (χ3n) is 3.41. The van der Waals surface area contributed by atoms with Crippen molar-refractivity contribution in [1.29, 1.82) is 0 Å². The van der Waals surface area contributed by atoms with Gasteiger partial charge in [-0.3, -0.25) is 9.59 Å². The molecule has 0 heterocycles. The van der Waals surface area contributed by atoms with E-state index in [0.29, 0.717) is 11.3 Å². The van der Waals surface area contributed by atoms with E-state index in [1.165, 1.54) is 13.2 Å². The minimum Gasteiger partial charge on any atom is -0.497 e. The molecule has 0 saturated heterocycles. The lowest BCUT2D eigenvalue weighted by molar-refractivity contribution is -0.138. The summed E-state index contributed by atoms with van der Waals surface area (Å²) < 4.78 is 10.0. The highest BCUT2D eigenvalue weighted by Crippen LogP contribution is 2.17. The van der Waals surface area contributed by atoms with Gasteiger partial charge >= 0.3 is 5.97 Å². The molecule has 0 aliphatic carbocycles. The van der Waals surface area contributed by atoms with Crippen LogP contribution in [0.3, 0.4) is 0 Å². The van der Waals surface area contributed by atoms with Gasteiger partial charge in [0.1, 0.15) is 11.3 Å². The predicted molar refractivity (Wildman–Crippen MR) is 92.8 cm³/mol. The monoisotopic (exact) mass is 338 g/mol. The average molecular weight is 338 g/mol. The number of carbonyl (C=O) groups excluding carboxylic acids is 3. The van der Waals surface area contributed by atoms with Gasteiger partial charge in [-0.2, -0.15) is 0 Å². The van der Waals surface area contributed by atoms with Crippen LogP contribution in [0.2, 0.25) is 0 Å². The summed E-state index contributed by atoms with van der Waals surface area (Å²) in [5, 5.41) is 0. The second-order valence-electron chi connectivity index (χ2n) is 5.07. The number of hydrogen-bond donors (Lipinski definition) is 0. The molecule has 0 spiro atoms. The van der Waals surface area contributed by atoms with Crippen molar-refractivity contribution in [1.82, 2.24) is 0 Å². The molecule has 25 heavy (non-hydrogen) atoms. The van der Waals surface area contributed by atoms with Gasteiger partial charge < -0.3 is 9.47 Å². The van der Waals surface area contributed by atoms with Gasteiger partial charge in [-0.05, 0) is 19.1 Å². The smallest absolute Gasteiger partial charge is 0.342 e. The quantitative estimate of drug-likeness (QED) is 0.255. The van der Waals surface area contributed by atoms with E-state index in [0.717, 1.165) is 6.08 Å². The van der Waals surface area contributed by atoms with Crippen molar-refractivity contribution in [3.63, 3.8) is 0 Å². The Bertz CT molecular complexity index is 806. The molecule has 5 nitrogen and oxygen atoms in total. The molecule has 0 bridgehead atoms. The van der Waals surface area contributed by atoms with Crippen molar-refractivity contribution >= 4 is 17.5 Å². The first-order chi connectivity index (χ1) is 12.1. The van der Waals surface area contributed by atoms with Crippen LogP contribution in [0.4, 0.5) is 0 Å². The van der Waals surface area contributed by atoms with Crippen LogP contribution in [-0.4, -0.2) is 31.3 Å². The third kappa shape index (κ3) is 4.64. The maximum Gasteiger partial charge on any atom is 0.342 e. The molecule has 0 atom stereocenters. The van der Waals surface area contributed by atoms with E-state index in [-0.39, 0.29) is 17.7 Å². The lowest BCUT2D eigenvalue weighted by Crippen LogP contribution is -2.18. The van der Waals surface area contributed by atoms with Crippen LogP contribution in [-0.2, 0) is 9.53 Å². The molecule has 0 fully saturated rings. The third-order valence-corrected chi connectivity index (χ3v) is 3.41. The van der Waals surface area contributed by atoms with E-state index in [9.17, 15) is 14.4 Å². The molecule has 2 aromatic rings. The topological polar surface area (TPSA) is 69.7 Å². The molecule has 0 saturated carbocycles. The van der Waals surface area contributed by atoms with Crippen LogP contribution in [0.15, 0.2) is 66.2 Å². The average Bonchev–Trinajstić information content (AvgIpc) is 2.66. The number of carbonyl (C=O) groups is 3. The van der Waals surface area contributed by atoms with Crippen molar-refractivity contribution in [2.75, 3.05) is 13.7 Å². The van der Waals surface area contributed by atoms with Crippen LogP contribution < -0.4 is 4.74 Å². The number of hydrogen-bond acceptors (Lipinski definition) is 5. The molecule has 0 N–H and O–H groups in total. The van der Waals surface area contributed by atoms with Crippen LogP contribution in [0.25, 0.3) is 0 Å². The highest BCUT2D eigenvalue weighted by molar-refractivity contribution is 6.27. The van der Waals surface area contributed by atoms with Crippen molar-refractivity contribution in [3.05, 3.63) is 77.4 Å². The fourth-order valence-corrected chi connectivity index (χ4v) is 2.16. The van der Waals surface area contributed by atoms with Crippen molar-refractivity contribution < 1.29 is 23.9 Å². The summed E-state index contributed by atoms with van der Waals surface area (Å²) in [4.78, 5) is 37.3. The summed E-state index contributed by atoms with van der Waals surface area (Å²) in [5.41, 5.74) is 0.297. The SMILES string of the molecule is CCOC(=O)/C(=C/C(=O)c1ccccc1)C(=O)c1cccc(OC)c1. The molecule has 0 amide bonds. The summed E-state index contributed by atoms with van der Waals surface area (Å²) in [5.74, 6) is -1.40. The van der Waals surface area contributed by atoms with Gasteiger partial charge in [0, 0.05) is 17.2 Å². The zero-order valence-electron chi connectivity index (χ0n) is 14.0. The Kier molecular flexibility index (Phi) is 6.23. The van der Waals surface area contributed by atoms with Crippen LogP contribution in [0.5, 0.6) is 5.75 Å². The number of ketones is 2. The minimum atomic E-state index is -0.834. The molecule has 0 aliphatic heterocycles. The molecule has 2 aromatic carbocycles. The summed E-state index contributed by atoms with van der Waals surface area (Å²) in [7, 11) is 1.48. The number of benzene rings is 2. The number of rotatable bonds is 7. The van der Waals surface area contributed by atoms with E-state index in [4.69, 9.17) is 9.47 Å². The first-order valence-electron chi connectivity index (χ1n) is 7.73. The summed E-state index contributed by atoms with van der Waals surface area (Å²) in [6.07, 6.45) is 1.02. The number of Topliss-reactive ketones (excluding diaryl/α,β-unsaturated/α-hetero) is 1. The molecule has 128 valence electrons. The van der Waals surface area contributed by atoms with Crippen LogP contribution >= 0.6 is 0 Å². The van der Waals surface area contributed by atoms with E-state index in [1.54, 1.807) is 55.5 Å². The maximum absolute atomic E-state index is 12.7. The number of allylic oxidation sites excluding steroid dienone is 1. The second-order valence-corrected chi connectivity index (χ2v) is 5.07. The summed E-state index contributed by atoms with van der Waals surface area (Å²) >= 11 is 0. The highest BCUT2D eigenvalue weighted by atomic mass is 16.5. The molecule has 0 aromatic heterocycles. The molecular weight excluding hydrogens is 320 g/mol. The molecule has 0 radical (unpaired) electrons. The lowest BCUT2D eigenvalue weighted by Gasteiger charge is -2.08. The van der Waals surface area contributed by atoms with E-state index < -0.39 is 17.5 Å². The zero-order chi connectivity index (χ0) is 18.2. The van der Waals surface area contributed by atoms with Gasteiger partial charge in [0.25, 0.3) is 0 Å². The lowest BCUT2D eigenvalue weighted by atomic mass is 10.00. The van der Waals surface area contributed by atoms with E-state index in [2.05, 4.69) is 0 Å². The van der Waals surface area contributed by atoms with E-state index in [1.807, 2.05) is 0 Å². The standard InChI is InChI=1S/C20H18O5/c1-3-25-20(23)17(13-18(21)14-8-5-4-6-9-14)19(22)15-10-7-11-16(12-15)24-2/h4-13H,3H2,1-2H3/b17-13+. The zero-order valence-corrected chi connectivity index (χ0v) is 14.0. The second kappa shape index (κ2) is 8.59. The normalized spacial score (nSPS) is 10.9. The Morgan fingerprint density at radius 2 is 1.64 bits per heavy atom. The number of methoxy groups -OCH3 is 1. The number of ether oxygens (including phenoxy) is 2. The Labute approximate surface area is 145 Å². The predicted octanol–water partition coefficient (Wildman–Crippen LogP) is 3.25. The first kappa shape index (κ1) is 18.1. The van der Waals surface area contributed by atoms with Crippen LogP contribution in [0.1, 0.15) is 27.6 Å². The Morgan fingerprint density at radius 1 is 0.960 bits per heavy atom. The molecule has 2 rings (SSSR count). The van der Waals surface area contributed by atoms with Gasteiger partial charge in [-0.25, -0.2) is 4.79 Å². The van der Waals surface area contributed by atoms with Gasteiger partial charge in [0.2, 0.25) is 5.78 Å². The molecule has 0 aliphatic rings. The Balaban J connectivity index is 2.41. The number of esters is 1. The molecule has 5 heteroatoms. The largest absolute Gasteiger partial charge is 0.497 e. The highest BCUT2D eigenvalue weighted by Gasteiger charge is 2.23. The minimum absolute atomic E-state index is 0.0983. The van der Waals surface area contributed by atoms with Gasteiger partial charge in [-0.15, -0.1) is 0 Å². The van der Waals surface area contributed by atoms with Gasteiger partial charge in [-0.1, -0.05) is 42.5 Å². The Hall–Kier alpha value is -3.21. The van der Waals surface area contributed by atoms with Crippen LogP contribution in [0, 0.1) is 0 Å². The Morgan fingerprint density at radius 3 is 2.28 bits per heavy atom. The molecular formula is C20H18O5.